The fraction of sp³-hybridized carbons (Fsp3) is 0.480. The van der Waals surface area contributed by atoms with Gasteiger partial charge in [0, 0.05) is 13.0 Å². The first-order valence-corrected chi connectivity index (χ1v) is 12.9. The number of nitrogens with one attached hydrogen (secondary N) is 1. The van der Waals surface area contributed by atoms with Gasteiger partial charge in [-0.05, 0) is 55.9 Å². The topological polar surface area (TPSA) is 75.7 Å². The molecular weight excluding hydrogens is 424 g/mol. The highest BCUT2D eigenvalue weighted by molar-refractivity contribution is 7.92. The summed E-state index contributed by atoms with van der Waals surface area (Å²) in [6.07, 6.45) is 1.90. The van der Waals surface area contributed by atoms with Gasteiger partial charge >= 0.3 is 0 Å². The minimum Gasteiger partial charge on any atom is -0.491 e. The first-order chi connectivity index (χ1) is 15.0. The smallest absolute Gasteiger partial charge is 0.232 e. The van der Waals surface area contributed by atoms with Gasteiger partial charge in [-0.2, -0.15) is 0 Å². The lowest BCUT2D eigenvalue weighted by Gasteiger charge is -2.28. The average molecular weight is 461 g/mol. The molecule has 32 heavy (non-hydrogen) atoms. The second kappa shape index (κ2) is 11.4. The van der Waals surface area contributed by atoms with E-state index < -0.39 is 10.0 Å². The lowest BCUT2D eigenvalue weighted by Crippen LogP contribution is -2.34. The van der Waals surface area contributed by atoms with Crippen molar-refractivity contribution in [2.75, 3.05) is 30.3 Å². The highest BCUT2D eigenvalue weighted by atomic mass is 32.2. The highest BCUT2D eigenvalue weighted by Gasteiger charge is 2.23. The molecule has 1 N–H and O–H groups in total. The van der Waals surface area contributed by atoms with Crippen molar-refractivity contribution in [3.63, 3.8) is 0 Å². The molecule has 0 radical (unpaired) electrons. The van der Waals surface area contributed by atoms with Gasteiger partial charge in [-0.25, -0.2) is 8.42 Å². The number of benzene rings is 2. The third kappa shape index (κ3) is 7.26. The second-order valence-electron chi connectivity index (χ2n) is 8.57. The van der Waals surface area contributed by atoms with Gasteiger partial charge in [0.15, 0.2) is 0 Å². The van der Waals surface area contributed by atoms with Crippen molar-refractivity contribution < 1.29 is 17.9 Å². The van der Waals surface area contributed by atoms with Gasteiger partial charge in [0.05, 0.1) is 18.5 Å². The maximum atomic E-state index is 12.5. The molecule has 1 amide bonds. The summed E-state index contributed by atoms with van der Waals surface area (Å²) in [5.41, 5.74) is 4.87. The second-order valence-corrected chi connectivity index (χ2v) is 10.5. The van der Waals surface area contributed by atoms with Crippen molar-refractivity contribution in [1.29, 1.82) is 0 Å². The summed E-state index contributed by atoms with van der Waals surface area (Å²) in [5.74, 6) is 0.888. The van der Waals surface area contributed by atoms with Crippen LogP contribution in [-0.2, 0) is 14.8 Å². The predicted octanol–water partition coefficient (Wildman–Crippen LogP) is 4.48. The van der Waals surface area contributed by atoms with E-state index in [9.17, 15) is 13.2 Å². The fourth-order valence-corrected chi connectivity index (χ4v) is 4.76. The van der Waals surface area contributed by atoms with Gasteiger partial charge in [-0.1, -0.05) is 49.7 Å². The number of carbonyl (C=O) groups excluding carboxylic acids is 1. The Bertz CT molecular complexity index is 1030. The largest absolute Gasteiger partial charge is 0.491 e. The van der Waals surface area contributed by atoms with Crippen LogP contribution in [0.1, 0.15) is 54.9 Å². The number of hydrogen-bond acceptors (Lipinski definition) is 4. The minimum absolute atomic E-state index is 0.114. The van der Waals surface area contributed by atoms with Crippen molar-refractivity contribution >= 4 is 21.6 Å². The molecule has 0 atom stereocenters. The summed E-state index contributed by atoms with van der Waals surface area (Å²) < 4.78 is 32.2. The molecule has 2 aromatic carbocycles. The van der Waals surface area contributed by atoms with E-state index in [1.807, 2.05) is 65.0 Å². The van der Waals surface area contributed by atoms with E-state index in [0.717, 1.165) is 28.1 Å². The van der Waals surface area contributed by atoms with Crippen molar-refractivity contribution in [2.24, 2.45) is 0 Å². The molecule has 0 heterocycles. The van der Waals surface area contributed by atoms with Crippen LogP contribution in [-0.4, -0.2) is 40.3 Å². The molecule has 2 rings (SSSR count). The lowest BCUT2D eigenvalue weighted by molar-refractivity contribution is -0.121. The number of amides is 1. The van der Waals surface area contributed by atoms with E-state index in [1.165, 1.54) is 16.1 Å². The van der Waals surface area contributed by atoms with E-state index >= 15 is 0 Å². The number of para-hydroxylation sites is 1. The standard InChI is InChI=1S/C25H36N2O4S/c1-18(2)22-10-7-9-20(4)25(22)27(32(6,29)30)15-8-11-24(28)26-14-16-31-23-13-12-19(3)17-21(23)5/h7,9-10,12-13,17-18H,8,11,14-16H2,1-6H3,(H,26,28). The minimum atomic E-state index is -3.47. The van der Waals surface area contributed by atoms with Crippen LogP contribution in [0.2, 0.25) is 0 Å². The zero-order valence-corrected chi connectivity index (χ0v) is 20.9. The molecule has 6 nitrogen and oxygen atoms in total. The van der Waals surface area contributed by atoms with Crippen LogP contribution in [0, 0.1) is 20.8 Å². The van der Waals surface area contributed by atoms with Crippen molar-refractivity contribution in [2.45, 2.75) is 53.4 Å². The maximum Gasteiger partial charge on any atom is 0.232 e. The number of carbonyl (C=O) groups is 1. The van der Waals surface area contributed by atoms with Crippen LogP contribution in [0.15, 0.2) is 36.4 Å². The Hall–Kier alpha value is -2.54. The lowest BCUT2D eigenvalue weighted by atomic mass is 9.98. The molecule has 2 aromatic rings. The van der Waals surface area contributed by atoms with Gasteiger partial charge in [-0.15, -0.1) is 0 Å². The zero-order chi connectivity index (χ0) is 23.9. The van der Waals surface area contributed by atoms with E-state index in [4.69, 9.17) is 4.74 Å². The van der Waals surface area contributed by atoms with E-state index in [-0.39, 0.29) is 24.8 Å². The molecule has 0 aliphatic carbocycles. The SMILES string of the molecule is Cc1ccc(OCCNC(=O)CCCN(c2c(C)cccc2C(C)C)S(C)(=O)=O)c(C)c1. The summed E-state index contributed by atoms with van der Waals surface area (Å²) in [4.78, 5) is 12.2. The highest BCUT2D eigenvalue weighted by Crippen LogP contribution is 2.32. The van der Waals surface area contributed by atoms with Gasteiger partial charge < -0.3 is 10.1 Å². The Balaban J connectivity index is 1.89. The van der Waals surface area contributed by atoms with Crippen LogP contribution in [0.5, 0.6) is 5.75 Å². The zero-order valence-electron chi connectivity index (χ0n) is 20.1. The van der Waals surface area contributed by atoms with E-state index in [0.29, 0.717) is 19.6 Å². The third-order valence-corrected chi connectivity index (χ3v) is 6.48. The quantitative estimate of drug-likeness (QED) is 0.502. The number of sulfonamides is 1. The van der Waals surface area contributed by atoms with Crippen molar-refractivity contribution in [3.8, 4) is 5.75 Å². The van der Waals surface area contributed by atoms with Crippen molar-refractivity contribution in [1.82, 2.24) is 5.32 Å². The van der Waals surface area contributed by atoms with Crippen LogP contribution < -0.4 is 14.4 Å². The number of hydrogen-bond donors (Lipinski definition) is 1. The summed E-state index contributed by atoms with van der Waals surface area (Å²) >= 11 is 0. The molecule has 7 heteroatoms. The number of rotatable bonds is 11. The summed E-state index contributed by atoms with van der Waals surface area (Å²) in [6, 6.07) is 11.8. The molecule has 0 bridgehead atoms. The Labute approximate surface area is 193 Å². The Morgan fingerprint density at radius 3 is 2.44 bits per heavy atom. The van der Waals surface area contributed by atoms with Gasteiger partial charge in [0.2, 0.25) is 15.9 Å². The van der Waals surface area contributed by atoms with Crippen LogP contribution in [0.4, 0.5) is 5.69 Å². The number of anilines is 1. The fourth-order valence-electron chi connectivity index (χ4n) is 3.72. The molecule has 0 aliphatic rings. The summed E-state index contributed by atoms with van der Waals surface area (Å²) in [6.45, 7) is 11.1. The average Bonchev–Trinajstić information content (AvgIpc) is 2.69. The van der Waals surface area contributed by atoms with Crippen molar-refractivity contribution in [3.05, 3.63) is 58.7 Å². The van der Waals surface area contributed by atoms with E-state index in [1.54, 1.807) is 0 Å². The summed E-state index contributed by atoms with van der Waals surface area (Å²) in [7, 11) is -3.47. The monoisotopic (exact) mass is 460 g/mol. The van der Waals surface area contributed by atoms with Crippen LogP contribution >= 0.6 is 0 Å². The van der Waals surface area contributed by atoms with Gasteiger partial charge in [0.25, 0.3) is 0 Å². The molecule has 0 saturated heterocycles. The molecule has 0 spiro atoms. The predicted molar refractivity (Wildman–Crippen MR) is 131 cm³/mol. The number of aryl methyl sites for hydroxylation is 3. The van der Waals surface area contributed by atoms with Gasteiger partial charge in [0.1, 0.15) is 12.4 Å². The normalized spacial score (nSPS) is 11.5. The number of nitrogens with zero attached hydrogens (tertiary/aromatic N) is 1. The molecule has 0 fully saturated rings. The molecule has 0 aliphatic heterocycles. The Morgan fingerprint density at radius 1 is 1.09 bits per heavy atom. The maximum absolute atomic E-state index is 12.5. The van der Waals surface area contributed by atoms with Gasteiger partial charge in [-0.3, -0.25) is 9.10 Å². The Morgan fingerprint density at radius 2 is 1.81 bits per heavy atom. The van der Waals surface area contributed by atoms with Crippen LogP contribution in [0.3, 0.4) is 0 Å². The first kappa shape index (κ1) is 25.7. The first-order valence-electron chi connectivity index (χ1n) is 11.0. The third-order valence-electron chi connectivity index (χ3n) is 5.32. The van der Waals surface area contributed by atoms with E-state index in [2.05, 4.69) is 11.4 Å². The Kier molecular flexibility index (Phi) is 9.13. The molecule has 176 valence electrons. The summed E-state index contributed by atoms with van der Waals surface area (Å²) in [5, 5.41) is 2.85. The van der Waals surface area contributed by atoms with Crippen LogP contribution in [0.25, 0.3) is 0 Å². The number of ether oxygens (including phenoxy) is 1. The molecular formula is C25H36N2O4S. The molecule has 0 aromatic heterocycles. The molecule has 0 saturated carbocycles. The molecule has 0 unspecified atom stereocenters.